The lowest BCUT2D eigenvalue weighted by Gasteiger charge is -2.23. The van der Waals surface area contributed by atoms with Crippen LogP contribution in [0.3, 0.4) is 0 Å². The highest BCUT2D eigenvalue weighted by Crippen LogP contribution is 2.25. The highest BCUT2D eigenvalue weighted by molar-refractivity contribution is 7.12. The Morgan fingerprint density at radius 1 is 1.03 bits per heavy atom. The summed E-state index contributed by atoms with van der Waals surface area (Å²) < 4.78 is 1.90. The van der Waals surface area contributed by atoms with E-state index in [1.54, 1.807) is 11.1 Å². The third-order valence-corrected chi connectivity index (χ3v) is 7.05. The van der Waals surface area contributed by atoms with E-state index in [0.29, 0.717) is 24.4 Å². The maximum Gasteiger partial charge on any atom is 0.264 e. The number of hydrogen-bond donors (Lipinski definition) is 1. The Balaban J connectivity index is 1.26. The van der Waals surface area contributed by atoms with E-state index in [1.807, 2.05) is 52.7 Å². The van der Waals surface area contributed by atoms with Crippen LogP contribution in [0, 0.1) is 0 Å². The molecule has 7 heteroatoms. The van der Waals surface area contributed by atoms with Crippen LogP contribution in [0.15, 0.2) is 84.5 Å². The molecule has 34 heavy (non-hydrogen) atoms. The van der Waals surface area contributed by atoms with Crippen LogP contribution >= 0.6 is 11.3 Å². The van der Waals surface area contributed by atoms with E-state index in [2.05, 4.69) is 40.7 Å². The van der Waals surface area contributed by atoms with Crippen molar-refractivity contribution in [2.24, 2.45) is 0 Å². The van der Waals surface area contributed by atoms with Gasteiger partial charge in [-0.25, -0.2) is 0 Å². The highest BCUT2D eigenvalue weighted by Gasteiger charge is 2.34. The van der Waals surface area contributed by atoms with Gasteiger partial charge < -0.3 is 10.2 Å². The van der Waals surface area contributed by atoms with Crippen LogP contribution in [0.5, 0.6) is 0 Å². The highest BCUT2D eigenvalue weighted by atomic mass is 32.1. The number of benzene rings is 2. The summed E-state index contributed by atoms with van der Waals surface area (Å²) in [5.74, 6) is -0.143. The van der Waals surface area contributed by atoms with E-state index >= 15 is 0 Å². The van der Waals surface area contributed by atoms with Crippen molar-refractivity contribution in [3.8, 4) is 11.1 Å². The van der Waals surface area contributed by atoms with Gasteiger partial charge in [0, 0.05) is 25.5 Å². The SMILES string of the molecule is O=C(NCc1ccccc1-c1ccc(Cn2cccn2)cc1)[C@@H]1CCCN1C(=O)c1cccs1. The van der Waals surface area contributed by atoms with Crippen molar-refractivity contribution in [2.45, 2.75) is 32.0 Å². The van der Waals surface area contributed by atoms with Gasteiger partial charge >= 0.3 is 0 Å². The molecule has 0 radical (unpaired) electrons. The molecule has 1 saturated heterocycles. The maximum atomic E-state index is 13.0. The summed E-state index contributed by atoms with van der Waals surface area (Å²) in [7, 11) is 0. The van der Waals surface area contributed by atoms with Crippen molar-refractivity contribution >= 4 is 23.2 Å². The largest absolute Gasteiger partial charge is 0.350 e. The molecule has 6 nitrogen and oxygen atoms in total. The van der Waals surface area contributed by atoms with Gasteiger partial charge in [0.1, 0.15) is 6.04 Å². The number of rotatable bonds is 7. The number of carbonyl (C=O) groups is 2. The predicted octanol–water partition coefficient (Wildman–Crippen LogP) is 4.58. The van der Waals surface area contributed by atoms with Gasteiger partial charge in [0.15, 0.2) is 0 Å². The smallest absolute Gasteiger partial charge is 0.264 e. The van der Waals surface area contributed by atoms with Crippen LogP contribution in [0.2, 0.25) is 0 Å². The van der Waals surface area contributed by atoms with Crippen molar-refractivity contribution in [1.82, 2.24) is 20.0 Å². The zero-order chi connectivity index (χ0) is 23.3. The van der Waals surface area contributed by atoms with E-state index in [1.165, 1.54) is 16.9 Å². The van der Waals surface area contributed by atoms with Crippen molar-refractivity contribution in [2.75, 3.05) is 6.54 Å². The molecule has 3 heterocycles. The lowest BCUT2D eigenvalue weighted by Crippen LogP contribution is -2.45. The fourth-order valence-corrected chi connectivity index (χ4v) is 5.13. The first kappa shape index (κ1) is 22.1. The Hall–Kier alpha value is -3.71. The average molecular weight is 471 g/mol. The fourth-order valence-electron chi connectivity index (χ4n) is 4.45. The van der Waals surface area contributed by atoms with Crippen LogP contribution in [0.4, 0.5) is 0 Å². The van der Waals surface area contributed by atoms with Crippen LogP contribution in [0.1, 0.15) is 33.6 Å². The van der Waals surface area contributed by atoms with E-state index in [0.717, 1.165) is 29.7 Å². The lowest BCUT2D eigenvalue weighted by molar-refractivity contribution is -0.125. The zero-order valence-electron chi connectivity index (χ0n) is 18.8. The Morgan fingerprint density at radius 3 is 2.65 bits per heavy atom. The van der Waals surface area contributed by atoms with Gasteiger partial charge in [-0.2, -0.15) is 5.10 Å². The zero-order valence-corrected chi connectivity index (χ0v) is 19.6. The lowest BCUT2D eigenvalue weighted by atomic mass is 9.98. The number of likely N-dealkylation sites (tertiary alicyclic amines) is 1. The first-order valence-corrected chi connectivity index (χ1v) is 12.3. The molecular formula is C27H26N4O2S. The minimum Gasteiger partial charge on any atom is -0.350 e. The van der Waals surface area contributed by atoms with Crippen molar-refractivity contribution in [1.29, 1.82) is 0 Å². The molecule has 1 atom stereocenters. The quantitative estimate of drug-likeness (QED) is 0.430. The molecule has 2 aromatic carbocycles. The molecule has 1 fully saturated rings. The molecule has 1 aliphatic heterocycles. The molecule has 2 aromatic heterocycles. The van der Waals surface area contributed by atoms with Gasteiger partial charge in [-0.05, 0) is 52.6 Å². The van der Waals surface area contributed by atoms with Gasteiger partial charge in [-0.1, -0.05) is 54.6 Å². The van der Waals surface area contributed by atoms with Crippen LogP contribution in [-0.2, 0) is 17.9 Å². The van der Waals surface area contributed by atoms with Gasteiger partial charge in [-0.15, -0.1) is 11.3 Å². The summed E-state index contributed by atoms with van der Waals surface area (Å²) in [6.45, 7) is 1.77. The van der Waals surface area contributed by atoms with Crippen LogP contribution in [-0.4, -0.2) is 39.1 Å². The van der Waals surface area contributed by atoms with Gasteiger partial charge in [0.2, 0.25) is 5.91 Å². The molecule has 0 bridgehead atoms. The summed E-state index contributed by atoms with van der Waals surface area (Å²) in [5.41, 5.74) is 4.41. The standard InChI is InChI=1S/C27H26N4O2S/c32-26(24-8-3-16-31(24)27(33)25-9-4-17-34-25)28-18-22-6-1-2-7-23(22)21-12-10-20(11-13-21)19-30-15-5-14-29-30/h1-2,4-7,9-15,17,24H,3,8,16,18-19H2,(H,28,32)/t24-/m0/s1. The number of aromatic nitrogens is 2. The molecule has 1 aliphatic rings. The summed E-state index contributed by atoms with van der Waals surface area (Å²) in [6.07, 6.45) is 5.27. The van der Waals surface area contributed by atoms with Gasteiger partial charge in [0.05, 0.1) is 11.4 Å². The summed E-state index contributed by atoms with van der Waals surface area (Å²) in [6, 6.07) is 21.7. The second-order valence-corrected chi connectivity index (χ2v) is 9.36. The molecule has 0 saturated carbocycles. The van der Waals surface area contributed by atoms with E-state index in [9.17, 15) is 9.59 Å². The molecule has 0 spiro atoms. The molecule has 4 aromatic rings. The monoisotopic (exact) mass is 470 g/mol. The number of thiophene rings is 1. The van der Waals surface area contributed by atoms with Crippen molar-refractivity contribution in [3.63, 3.8) is 0 Å². The maximum absolute atomic E-state index is 13.0. The Kier molecular flexibility index (Phi) is 6.53. The molecule has 1 N–H and O–H groups in total. The Bertz CT molecular complexity index is 1250. The molecule has 5 rings (SSSR count). The number of amides is 2. The minimum absolute atomic E-state index is 0.0525. The third kappa shape index (κ3) is 4.79. The Morgan fingerprint density at radius 2 is 1.88 bits per heavy atom. The third-order valence-electron chi connectivity index (χ3n) is 6.19. The minimum atomic E-state index is -0.414. The molecule has 172 valence electrons. The molecule has 2 amide bonds. The molecule has 0 aliphatic carbocycles. The summed E-state index contributed by atoms with van der Waals surface area (Å²) in [4.78, 5) is 28.2. The van der Waals surface area contributed by atoms with Gasteiger partial charge in [-0.3, -0.25) is 14.3 Å². The first-order valence-electron chi connectivity index (χ1n) is 11.5. The van der Waals surface area contributed by atoms with Gasteiger partial charge in [0.25, 0.3) is 5.91 Å². The predicted molar refractivity (Wildman–Crippen MR) is 133 cm³/mol. The number of carbonyl (C=O) groups excluding carboxylic acids is 2. The van der Waals surface area contributed by atoms with E-state index < -0.39 is 6.04 Å². The number of hydrogen-bond acceptors (Lipinski definition) is 4. The fraction of sp³-hybridized carbons (Fsp3) is 0.222. The first-order chi connectivity index (χ1) is 16.7. The number of nitrogens with one attached hydrogen (secondary N) is 1. The van der Waals surface area contributed by atoms with Crippen LogP contribution in [0.25, 0.3) is 11.1 Å². The Labute approximate surface area is 202 Å². The average Bonchev–Trinajstić information content (AvgIpc) is 3.66. The van der Waals surface area contributed by atoms with Crippen LogP contribution < -0.4 is 5.32 Å². The topological polar surface area (TPSA) is 67.2 Å². The van der Waals surface area contributed by atoms with E-state index in [-0.39, 0.29) is 11.8 Å². The second-order valence-electron chi connectivity index (χ2n) is 8.41. The molecule has 0 unspecified atom stereocenters. The normalized spacial score (nSPS) is 15.4. The molecular weight excluding hydrogens is 444 g/mol. The summed E-state index contributed by atoms with van der Waals surface area (Å²) >= 11 is 1.42. The second kappa shape index (κ2) is 10.1. The number of nitrogens with zero attached hydrogens (tertiary/aromatic N) is 3. The van der Waals surface area contributed by atoms with Crippen molar-refractivity contribution < 1.29 is 9.59 Å². The van der Waals surface area contributed by atoms with E-state index in [4.69, 9.17) is 0 Å². The van der Waals surface area contributed by atoms with Crippen molar-refractivity contribution in [3.05, 3.63) is 101 Å². The summed E-state index contributed by atoms with van der Waals surface area (Å²) in [5, 5.41) is 9.23.